The third kappa shape index (κ3) is 2.42. The molecule has 3 aliphatic rings. The van der Waals surface area contributed by atoms with E-state index in [0.29, 0.717) is 0 Å². The number of imide groups is 1. The van der Waals surface area contributed by atoms with E-state index in [1.165, 1.54) is 24.3 Å². The monoisotopic (exact) mass is 389 g/mol. The van der Waals surface area contributed by atoms with Crippen molar-refractivity contribution in [2.24, 2.45) is 11.8 Å². The first-order chi connectivity index (χ1) is 14.0. The number of hydrogen-bond acceptors (Lipinski definition) is 6. The van der Waals surface area contributed by atoms with Crippen LogP contribution in [-0.2, 0) is 9.59 Å². The summed E-state index contributed by atoms with van der Waals surface area (Å²) in [6, 6.07) is 11.6. The van der Waals surface area contributed by atoms with Crippen molar-refractivity contribution in [2.75, 3.05) is 0 Å². The van der Waals surface area contributed by atoms with Gasteiger partial charge in [0.15, 0.2) is 5.78 Å². The highest BCUT2D eigenvalue weighted by Crippen LogP contribution is 2.51. The van der Waals surface area contributed by atoms with Gasteiger partial charge in [-0.15, -0.1) is 0 Å². The fourth-order valence-corrected chi connectivity index (χ4v) is 4.72. The minimum atomic E-state index is -0.914. The largest absolute Gasteiger partial charge is 0.358 e. The standard InChI is InChI=1S/C21H15N3O5/c25-19(12-5-3-6-13(10-12)24(28)29)18-16-15(20(26)22-21(16)27)17-14-7-2-1-4-11(14)8-9-23(17)18/h1-10,15-18H,(H,22,26,27)/t15-,16+,17-,18+/m0/s1. The van der Waals surface area contributed by atoms with Crippen LogP contribution in [-0.4, -0.2) is 33.5 Å². The third-order valence-electron chi connectivity index (χ3n) is 5.91. The van der Waals surface area contributed by atoms with Crippen LogP contribution in [0.15, 0.2) is 54.7 Å². The summed E-state index contributed by atoms with van der Waals surface area (Å²) in [7, 11) is 0. The van der Waals surface area contributed by atoms with Gasteiger partial charge in [0.05, 0.1) is 22.8 Å². The van der Waals surface area contributed by atoms with E-state index in [4.69, 9.17) is 0 Å². The zero-order valence-electron chi connectivity index (χ0n) is 15.0. The van der Waals surface area contributed by atoms with Crippen molar-refractivity contribution in [3.05, 3.63) is 81.5 Å². The van der Waals surface area contributed by atoms with E-state index in [9.17, 15) is 24.5 Å². The maximum atomic E-state index is 13.4. The summed E-state index contributed by atoms with van der Waals surface area (Å²) in [4.78, 5) is 50.9. The fourth-order valence-electron chi connectivity index (χ4n) is 4.72. The fraction of sp³-hybridized carbons (Fsp3) is 0.190. The van der Waals surface area contributed by atoms with Gasteiger partial charge in [0.25, 0.3) is 5.69 Å². The number of benzene rings is 2. The summed E-state index contributed by atoms with van der Waals surface area (Å²) in [5.41, 5.74) is 1.75. The molecule has 0 aromatic heterocycles. The zero-order valence-corrected chi connectivity index (χ0v) is 15.0. The van der Waals surface area contributed by atoms with Gasteiger partial charge in [-0.05, 0) is 17.2 Å². The van der Waals surface area contributed by atoms with Gasteiger partial charge >= 0.3 is 0 Å². The topological polar surface area (TPSA) is 110 Å². The van der Waals surface area contributed by atoms with Crippen LogP contribution in [0, 0.1) is 22.0 Å². The Bertz CT molecular complexity index is 1120. The van der Waals surface area contributed by atoms with E-state index in [1.54, 1.807) is 11.1 Å². The van der Waals surface area contributed by atoms with Crippen LogP contribution in [0.4, 0.5) is 5.69 Å². The van der Waals surface area contributed by atoms with Crippen LogP contribution < -0.4 is 5.32 Å². The molecule has 8 nitrogen and oxygen atoms in total. The van der Waals surface area contributed by atoms with E-state index in [1.807, 2.05) is 30.3 Å². The normalized spacial score (nSPS) is 26.6. The van der Waals surface area contributed by atoms with E-state index in [-0.39, 0.29) is 11.3 Å². The molecule has 0 unspecified atom stereocenters. The molecule has 3 heterocycles. The van der Waals surface area contributed by atoms with E-state index < -0.39 is 46.4 Å². The first-order valence-corrected chi connectivity index (χ1v) is 9.15. The molecule has 2 amide bonds. The minimum Gasteiger partial charge on any atom is -0.358 e. The molecule has 0 radical (unpaired) electrons. The average Bonchev–Trinajstić information content (AvgIpc) is 3.22. The molecule has 2 aromatic carbocycles. The molecule has 8 heteroatoms. The van der Waals surface area contributed by atoms with E-state index >= 15 is 0 Å². The Hall–Kier alpha value is -3.81. The van der Waals surface area contributed by atoms with Gasteiger partial charge in [-0.3, -0.25) is 29.8 Å². The Labute approximate surface area is 165 Å². The van der Waals surface area contributed by atoms with E-state index in [0.717, 1.165) is 11.1 Å². The lowest BCUT2D eigenvalue weighted by molar-refractivity contribution is -0.384. The molecule has 2 fully saturated rings. The van der Waals surface area contributed by atoms with Gasteiger partial charge in [-0.25, -0.2) is 0 Å². The zero-order chi connectivity index (χ0) is 20.3. The molecule has 5 rings (SSSR count). The molecule has 2 saturated heterocycles. The number of nitrogens with one attached hydrogen (secondary N) is 1. The van der Waals surface area contributed by atoms with Crippen LogP contribution in [0.2, 0.25) is 0 Å². The third-order valence-corrected chi connectivity index (χ3v) is 5.91. The van der Waals surface area contributed by atoms with Gasteiger partial charge in [0.1, 0.15) is 6.04 Å². The number of nitro benzene ring substituents is 1. The molecular weight excluding hydrogens is 374 g/mol. The number of carbonyl (C=O) groups excluding carboxylic acids is 3. The predicted molar refractivity (Wildman–Crippen MR) is 101 cm³/mol. The molecule has 0 spiro atoms. The molecule has 3 aliphatic heterocycles. The summed E-state index contributed by atoms with van der Waals surface area (Å²) in [6.07, 6.45) is 3.59. The predicted octanol–water partition coefficient (Wildman–Crippen LogP) is 2.08. The first-order valence-electron chi connectivity index (χ1n) is 9.15. The molecule has 2 aromatic rings. The highest BCUT2D eigenvalue weighted by molar-refractivity contribution is 6.12. The number of ketones is 1. The number of nitro groups is 1. The van der Waals surface area contributed by atoms with Crippen molar-refractivity contribution >= 4 is 29.4 Å². The van der Waals surface area contributed by atoms with Gasteiger partial charge in [-0.1, -0.05) is 36.4 Å². The second-order valence-corrected chi connectivity index (χ2v) is 7.36. The van der Waals surface area contributed by atoms with Crippen molar-refractivity contribution in [1.29, 1.82) is 0 Å². The van der Waals surface area contributed by atoms with Gasteiger partial charge in [0.2, 0.25) is 11.8 Å². The summed E-state index contributed by atoms with van der Waals surface area (Å²) in [6.45, 7) is 0. The second-order valence-electron chi connectivity index (χ2n) is 7.36. The first kappa shape index (κ1) is 17.3. The van der Waals surface area contributed by atoms with Gasteiger partial charge < -0.3 is 4.90 Å². The number of nitrogens with zero attached hydrogens (tertiary/aromatic N) is 2. The number of fused-ring (bicyclic) bond motifs is 5. The maximum Gasteiger partial charge on any atom is 0.270 e. The highest BCUT2D eigenvalue weighted by atomic mass is 16.6. The lowest BCUT2D eigenvalue weighted by Gasteiger charge is -2.34. The smallest absolute Gasteiger partial charge is 0.270 e. The van der Waals surface area contributed by atoms with Crippen molar-refractivity contribution in [2.45, 2.75) is 12.1 Å². The SMILES string of the molecule is O=C1NC(=O)[C@H]2[C@@H]1[C@H](C(=O)c1cccc([N+](=O)[O-])c1)N1C=Cc3ccccc3[C@@H]21. The van der Waals surface area contributed by atoms with Gasteiger partial charge in [0, 0.05) is 23.9 Å². The molecule has 4 atom stereocenters. The Morgan fingerprint density at radius 3 is 2.59 bits per heavy atom. The Morgan fingerprint density at radius 2 is 1.79 bits per heavy atom. The molecule has 0 bridgehead atoms. The van der Waals surface area contributed by atoms with Crippen molar-refractivity contribution < 1.29 is 19.3 Å². The van der Waals surface area contributed by atoms with Crippen LogP contribution >= 0.6 is 0 Å². The maximum absolute atomic E-state index is 13.4. The number of Topliss-reactive ketones (excluding diaryl/α,β-unsaturated/α-hetero) is 1. The summed E-state index contributed by atoms with van der Waals surface area (Å²) < 4.78 is 0. The van der Waals surface area contributed by atoms with E-state index in [2.05, 4.69) is 5.32 Å². The Balaban J connectivity index is 1.63. The molecule has 1 N–H and O–H groups in total. The summed E-state index contributed by atoms with van der Waals surface area (Å²) >= 11 is 0. The molecule has 29 heavy (non-hydrogen) atoms. The van der Waals surface area contributed by atoms with Crippen molar-refractivity contribution in [1.82, 2.24) is 10.2 Å². The van der Waals surface area contributed by atoms with Crippen LogP contribution in [0.25, 0.3) is 6.08 Å². The number of amides is 2. The number of hydrogen-bond donors (Lipinski definition) is 1. The minimum absolute atomic E-state index is 0.142. The summed E-state index contributed by atoms with van der Waals surface area (Å²) in [5.74, 6) is -2.84. The molecule has 144 valence electrons. The second kappa shape index (κ2) is 6.10. The van der Waals surface area contributed by atoms with Crippen molar-refractivity contribution in [3.8, 4) is 0 Å². The number of carbonyl (C=O) groups is 3. The number of non-ortho nitro benzene ring substituents is 1. The summed E-state index contributed by atoms with van der Waals surface area (Å²) in [5, 5.41) is 13.5. The molecule has 0 aliphatic carbocycles. The van der Waals surface area contributed by atoms with Crippen LogP contribution in [0.1, 0.15) is 27.5 Å². The average molecular weight is 389 g/mol. The molecular formula is C21H15N3O5. The van der Waals surface area contributed by atoms with Gasteiger partial charge in [-0.2, -0.15) is 0 Å². The van der Waals surface area contributed by atoms with Crippen LogP contribution in [0.5, 0.6) is 0 Å². The Kier molecular flexibility index (Phi) is 3.64. The van der Waals surface area contributed by atoms with Crippen LogP contribution in [0.3, 0.4) is 0 Å². The highest BCUT2D eigenvalue weighted by Gasteiger charge is 2.61. The quantitative estimate of drug-likeness (QED) is 0.373. The number of rotatable bonds is 3. The Morgan fingerprint density at radius 1 is 1.03 bits per heavy atom. The van der Waals surface area contributed by atoms with Crippen molar-refractivity contribution in [3.63, 3.8) is 0 Å². The molecule has 0 saturated carbocycles. The lowest BCUT2D eigenvalue weighted by Crippen LogP contribution is -2.42. The lowest BCUT2D eigenvalue weighted by atomic mass is 9.83.